The van der Waals surface area contributed by atoms with Crippen LogP contribution in [0.25, 0.3) is 0 Å². The number of hydrogen-bond donors (Lipinski definition) is 6. The summed E-state index contributed by atoms with van der Waals surface area (Å²) in [5.41, 5.74) is 16.6. The molecule has 7 atom stereocenters. The van der Waals surface area contributed by atoms with Crippen LogP contribution in [0.15, 0.2) is 0 Å². The number of esters is 3. The number of rotatable bonds is 34. The summed E-state index contributed by atoms with van der Waals surface area (Å²) in [6.45, 7) is 28.6. The number of hydrogen-bond acceptors (Lipinski definition) is 18. The van der Waals surface area contributed by atoms with E-state index in [1.807, 2.05) is 76.2 Å². The Labute approximate surface area is 450 Å². The van der Waals surface area contributed by atoms with Crippen LogP contribution in [-0.4, -0.2) is 131 Å². The van der Waals surface area contributed by atoms with Crippen LogP contribution < -0.4 is 33.2 Å². The highest BCUT2D eigenvalue weighted by Crippen LogP contribution is 2.15. The predicted molar refractivity (Wildman–Crippen MR) is 290 cm³/mol. The Morgan fingerprint density at radius 1 is 0.440 bits per heavy atom. The number of ketones is 2. The van der Waals surface area contributed by atoms with Crippen LogP contribution in [0.5, 0.6) is 0 Å². The fraction of sp³-hybridized carbons (Fsp3) is 0.815. The maximum absolute atomic E-state index is 12.1. The number of Topliss-reactive ketones (excluding diaryl/α,β-unsaturated/α-hetero) is 2. The van der Waals surface area contributed by atoms with E-state index in [0.717, 1.165) is 6.42 Å². The van der Waals surface area contributed by atoms with Crippen molar-refractivity contribution in [2.45, 2.75) is 217 Å². The van der Waals surface area contributed by atoms with Crippen molar-refractivity contribution in [3.63, 3.8) is 0 Å². The zero-order chi connectivity index (χ0) is 59.2. The van der Waals surface area contributed by atoms with Crippen LogP contribution in [0, 0.1) is 35.5 Å². The Balaban J connectivity index is -0.000000278. The summed E-state index contributed by atoms with van der Waals surface area (Å²) in [6, 6.07) is -2.03. The standard InChI is InChI=1S/C15H28N2O4.C12H24N2O3.C11H20O3.C9H17NO3.C7H15NO2/c1-11(2)9-13(14(19)5-4-8-21-10-18)17-15(20)7-6-12(3)16;1-8(2)7-10(12(16)17-4)14-11(15)6-5-9(3)13;1-9(2)7-10(3)11(13)5-4-6-14-8-12;1-6(2)5-8(9(12)13-4)10-7(3)11;1-5(2)4-6(8)7(9)10-3/h10-13H,4-9,16H2,1-3H3,(H,17,20);8-10H,5-7,13H2,1-4H3,(H,14,15);8-10H,4-7H2,1-3H3;6,8H,5H2,1-4H3,(H,10,11);5-6H,4,8H2,1-3H3. The van der Waals surface area contributed by atoms with E-state index >= 15 is 0 Å². The third kappa shape index (κ3) is 55.0. The van der Waals surface area contributed by atoms with Crippen LogP contribution >= 0.6 is 0 Å². The SMILES string of the molecule is CC(C)CC(C)C(=O)CCCOC=O.CC(C)CC(NC(=O)CCC(C)N)C(=O)CCCOC=O.COC(=O)C(CC(C)C)NC(=O)CCC(C)N.COC(=O)C(CC(C)C)NC(C)=O.COC(=O)C(N)CC(C)C. The molecule has 9 N–H and O–H groups in total. The first kappa shape index (κ1) is 78.9. The Kier molecular flexibility index (Phi) is 52.4. The molecule has 0 saturated heterocycles. The smallest absolute Gasteiger partial charge is 0.328 e. The first-order valence-electron chi connectivity index (χ1n) is 26.4. The van der Waals surface area contributed by atoms with E-state index in [-0.39, 0.29) is 65.8 Å². The molecule has 21 nitrogen and oxygen atoms in total. The van der Waals surface area contributed by atoms with Gasteiger partial charge in [-0.25, -0.2) is 9.59 Å². The van der Waals surface area contributed by atoms with Crippen molar-refractivity contribution >= 4 is 60.1 Å². The van der Waals surface area contributed by atoms with Gasteiger partial charge in [-0.3, -0.25) is 38.4 Å². The molecule has 21 heteroatoms. The van der Waals surface area contributed by atoms with E-state index in [1.165, 1.54) is 28.3 Å². The highest BCUT2D eigenvalue weighted by molar-refractivity contribution is 5.89. The summed E-state index contributed by atoms with van der Waals surface area (Å²) < 4.78 is 22.7. The van der Waals surface area contributed by atoms with Gasteiger partial charge in [0.05, 0.1) is 40.6 Å². The van der Waals surface area contributed by atoms with E-state index in [9.17, 15) is 47.9 Å². The molecule has 0 radical (unpaired) electrons. The minimum atomic E-state index is -0.555. The first-order chi connectivity index (χ1) is 34.8. The molecular formula is C54H104N6O15. The van der Waals surface area contributed by atoms with Gasteiger partial charge in [-0.1, -0.05) is 76.2 Å². The quantitative estimate of drug-likeness (QED) is 0.0203. The van der Waals surface area contributed by atoms with Crippen molar-refractivity contribution in [3.05, 3.63) is 0 Å². The van der Waals surface area contributed by atoms with Gasteiger partial charge in [0.2, 0.25) is 17.7 Å². The highest BCUT2D eigenvalue weighted by atomic mass is 16.5. The lowest BCUT2D eigenvalue weighted by atomic mass is 9.93. The second-order valence-corrected chi connectivity index (χ2v) is 20.8. The Morgan fingerprint density at radius 2 is 0.773 bits per heavy atom. The normalized spacial score (nSPS) is 13.3. The minimum Gasteiger partial charge on any atom is -0.468 e. The summed E-state index contributed by atoms with van der Waals surface area (Å²) in [6.07, 6.45) is 7.21. The predicted octanol–water partition coefficient (Wildman–Crippen LogP) is 5.42. The Morgan fingerprint density at radius 3 is 1.09 bits per heavy atom. The fourth-order valence-electron chi connectivity index (χ4n) is 6.66. The van der Waals surface area contributed by atoms with Crippen LogP contribution in [0.2, 0.25) is 0 Å². The number of nitrogens with two attached hydrogens (primary N) is 3. The van der Waals surface area contributed by atoms with E-state index in [1.54, 1.807) is 0 Å². The second kappa shape index (κ2) is 49.8. The van der Waals surface area contributed by atoms with Crippen molar-refractivity contribution < 1.29 is 71.6 Å². The first-order valence-corrected chi connectivity index (χ1v) is 26.4. The summed E-state index contributed by atoms with van der Waals surface area (Å²) >= 11 is 0. The molecule has 0 aliphatic carbocycles. The summed E-state index contributed by atoms with van der Waals surface area (Å²) in [5.74, 6) is 0.721. The van der Waals surface area contributed by atoms with E-state index in [4.69, 9.17) is 17.2 Å². The van der Waals surface area contributed by atoms with Gasteiger partial charge >= 0.3 is 17.9 Å². The average Bonchev–Trinajstić information content (AvgIpc) is 3.31. The molecular weight excluding hydrogens is 973 g/mol. The molecule has 0 aliphatic heterocycles. The zero-order valence-electron chi connectivity index (χ0n) is 49.0. The molecule has 440 valence electrons. The Bertz CT molecular complexity index is 1570. The monoisotopic (exact) mass is 1080 g/mol. The molecule has 0 fully saturated rings. The highest BCUT2D eigenvalue weighted by Gasteiger charge is 2.24. The number of ether oxygens (including phenoxy) is 5. The number of carbonyl (C=O) groups excluding carboxylic acids is 10. The van der Waals surface area contributed by atoms with Gasteiger partial charge < -0.3 is 56.8 Å². The van der Waals surface area contributed by atoms with Crippen LogP contribution in [0.3, 0.4) is 0 Å². The summed E-state index contributed by atoms with van der Waals surface area (Å²) in [4.78, 5) is 111. The van der Waals surface area contributed by atoms with Crippen molar-refractivity contribution in [1.29, 1.82) is 0 Å². The third-order valence-electron chi connectivity index (χ3n) is 10.3. The van der Waals surface area contributed by atoms with Crippen molar-refractivity contribution in [1.82, 2.24) is 16.0 Å². The number of nitrogens with one attached hydrogen (secondary N) is 3. The van der Waals surface area contributed by atoms with Crippen molar-refractivity contribution in [2.24, 2.45) is 52.7 Å². The van der Waals surface area contributed by atoms with Gasteiger partial charge in [0.15, 0.2) is 5.78 Å². The van der Waals surface area contributed by atoms with Gasteiger partial charge in [-0.05, 0) is 101 Å². The lowest BCUT2D eigenvalue weighted by molar-refractivity contribution is -0.145. The molecule has 7 unspecified atom stereocenters. The number of methoxy groups -OCH3 is 3. The van der Waals surface area contributed by atoms with Gasteiger partial charge in [0.25, 0.3) is 12.9 Å². The van der Waals surface area contributed by atoms with Crippen molar-refractivity contribution in [3.8, 4) is 0 Å². The van der Waals surface area contributed by atoms with E-state index in [2.05, 4.69) is 53.5 Å². The molecule has 0 saturated carbocycles. The van der Waals surface area contributed by atoms with Gasteiger partial charge in [0.1, 0.15) is 23.9 Å². The van der Waals surface area contributed by atoms with Gasteiger partial charge in [0, 0.05) is 50.6 Å². The Hall–Kier alpha value is -5.02. The molecule has 0 bridgehead atoms. The molecule has 0 rings (SSSR count). The number of amides is 3. The molecule has 3 amide bonds. The number of carbonyl (C=O) groups is 10. The molecule has 0 aromatic carbocycles. The molecule has 0 spiro atoms. The minimum absolute atomic E-state index is 0.0116. The molecule has 0 aromatic heterocycles. The van der Waals surface area contributed by atoms with Crippen LogP contribution in [0.1, 0.15) is 180 Å². The molecule has 0 heterocycles. The lowest BCUT2D eigenvalue weighted by Gasteiger charge is -2.20. The molecule has 0 aliphatic rings. The average molecular weight is 1080 g/mol. The third-order valence-corrected chi connectivity index (χ3v) is 10.3. The lowest BCUT2D eigenvalue weighted by Crippen LogP contribution is -2.42. The second-order valence-electron chi connectivity index (χ2n) is 20.8. The summed E-state index contributed by atoms with van der Waals surface area (Å²) in [5, 5.41) is 8.02. The van der Waals surface area contributed by atoms with Crippen LogP contribution in [-0.2, 0) is 71.6 Å². The van der Waals surface area contributed by atoms with E-state index < -0.39 is 30.1 Å². The van der Waals surface area contributed by atoms with Crippen molar-refractivity contribution in [2.75, 3.05) is 34.5 Å². The maximum Gasteiger partial charge on any atom is 0.328 e. The largest absolute Gasteiger partial charge is 0.468 e. The van der Waals surface area contributed by atoms with Crippen LogP contribution in [0.4, 0.5) is 0 Å². The molecule has 75 heavy (non-hydrogen) atoms. The molecule has 0 aromatic rings. The van der Waals surface area contributed by atoms with E-state index in [0.29, 0.717) is 126 Å². The summed E-state index contributed by atoms with van der Waals surface area (Å²) in [7, 11) is 3.99. The van der Waals surface area contributed by atoms with Gasteiger partial charge in [-0.15, -0.1) is 0 Å². The zero-order valence-corrected chi connectivity index (χ0v) is 49.0. The fourth-order valence-corrected chi connectivity index (χ4v) is 6.66. The maximum atomic E-state index is 12.1. The topological polar surface area (TPSA) is 331 Å². The van der Waals surface area contributed by atoms with Gasteiger partial charge in [-0.2, -0.15) is 0 Å².